The Morgan fingerprint density at radius 1 is 0.745 bits per heavy atom. The molecule has 0 aliphatic carbocycles. The second-order valence-electron chi connectivity index (χ2n) is 11.2. The first kappa shape index (κ1) is 38.1. The molecule has 0 aromatic carbocycles. The van der Waals surface area contributed by atoms with E-state index in [9.17, 15) is 54.6 Å². The minimum Gasteiger partial charge on any atom is -0.479 e. The molecular weight excluding hydrogens is 638 g/mol. The molecule has 0 unspecified atom stereocenters. The number of hydrogen-bond donors (Lipinski definition) is 9. The van der Waals surface area contributed by atoms with Crippen LogP contribution in [-0.2, 0) is 52.4 Å². The number of aliphatic carboxylic acids is 1. The van der Waals surface area contributed by atoms with E-state index in [2.05, 4.69) is 22.5 Å². The maximum absolute atomic E-state index is 12.4. The van der Waals surface area contributed by atoms with Crippen molar-refractivity contribution in [2.24, 2.45) is 0 Å². The van der Waals surface area contributed by atoms with Gasteiger partial charge in [-0.1, -0.05) is 6.58 Å². The van der Waals surface area contributed by atoms with Crippen LogP contribution in [0.2, 0.25) is 0 Å². The van der Waals surface area contributed by atoms with Gasteiger partial charge in [0.1, 0.15) is 54.8 Å². The van der Waals surface area contributed by atoms with Crippen LogP contribution in [0.3, 0.4) is 0 Å². The van der Waals surface area contributed by atoms with E-state index in [0.29, 0.717) is 0 Å². The lowest BCUT2D eigenvalue weighted by atomic mass is 9.92. The zero-order valence-electron chi connectivity index (χ0n) is 25.8. The van der Waals surface area contributed by atoms with Gasteiger partial charge >= 0.3 is 5.97 Å². The lowest BCUT2D eigenvalue weighted by molar-refractivity contribution is -0.353. The molecule has 3 aliphatic heterocycles. The molecule has 266 valence electrons. The van der Waals surface area contributed by atoms with Gasteiger partial charge in [-0.05, 0) is 6.92 Å². The van der Waals surface area contributed by atoms with Crippen molar-refractivity contribution in [2.45, 2.75) is 120 Å². The van der Waals surface area contributed by atoms with E-state index in [-0.39, 0.29) is 6.29 Å². The van der Waals surface area contributed by atoms with Crippen molar-refractivity contribution in [3.05, 3.63) is 12.3 Å². The Morgan fingerprint density at radius 2 is 1.30 bits per heavy atom. The minimum absolute atomic E-state index is 0.198. The molecule has 20 heteroatoms. The number of aliphatic hydroxyl groups excluding tert-OH is 5. The molecule has 0 aromatic rings. The summed E-state index contributed by atoms with van der Waals surface area (Å²) in [5.41, 5.74) is 0. The van der Waals surface area contributed by atoms with Gasteiger partial charge in [0.05, 0.1) is 18.8 Å². The first-order valence-corrected chi connectivity index (χ1v) is 14.5. The molecular formula is C27H41N3O17. The molecule has 0 radical (unpaired) electrons. The number of aldehydes is 1. The third kappa shape index (κ3) is 8.99. The van der Waals surface area contributed by atoms with Crippen LogP contribution >= 0.6 is 0 Å². The van der Waals surface area contributed by atoms with Crippen LogP contribution in [0.15, 0.2) is 12.3 Å². The third-order valence-electron chi connectivity index (χ3n) is 7.61. The van der Waals surface area contributed by atoms with Crippen molar-refractivity contribution in [2.75, 3.05) is 6.61 Å². The van der Waals surface area contributed by atoms with E-state index >= 15 is 0 Å². The van der Waals surface area contributed by atoms with Gasteiger partial charge in [-0.25, -0.2) is 4.79 Å². The molecule has 3 fully saturated rings. The van der Waals surface area contributed by atoms with Gasteiger partial charge in [-0.3, -0.25) is 19.2 Å². The van der Waals surface area contributed by atoms with Gasteiger partial charge in [0.25, 0.3) is 0 Å². The molecule has 20 nitrogen and oxygen atoms in total. The quantitative estimate of drug-likeness (QED) is 0.0529. The van der Waals surface area contributed by atoms with Gasteiger partial charge in [-0.2, -0.15) is 0 Å². The first-order valence-electron chi connectivity index (χ1n) is 14.5. The van der Waals surface area contributed by atoms with Gasteiger partial charge < -0.3 is 75.0 Å². The Bertz CT molecular complexity index is 1170. The highest BCUT2D eigenvalue weighted by Gasteiger charge is 2.56. The molecule has 47 heavy (non-hydrogen) atoms. The Kier molecular flexibility index (Phi) is 13.1. The normalized spacial score (nSPS) is 40.4. The number of ether oxygens (including phenoxy) is 6. The number of allylic oxidation sites excluding steroid dienone is 1. The zero-order chi connectivity index (χ0) is 35.3. The van der Waals surface area contributed by atoms with Crippen LogP contribution in [0.5, 0.6) is 0 Å². The number of amides is 3. The SMILES string of the molecule is C=C(C=O)O[C@@H]1O[C@H](C(=O)O)[C@@H](O[C@H]2O[C@H](CO)[C@@H](O[C@H]3O[C@@H](C)[C@H](O)[C@@H](O)[C@H]3O)[C@H](O)[C@H]2NC(C)=O)[C@H](NC(C)=O)[C@@H]1NC(C)=O. The van der Waals surface area contributed by atoms with Crippen molar-refractivity contribution >= 4 is 30.0 Å². The molecule has 15 atom stereocenters. The zero-order valence-corrected chi connectivity index (χ0v) is 25.8. The van der Waals surface area contributed by atoms with E-state index in [0.717, 1.165) is 20.8 Å². The molecule has 3 heterocycles. The van der Waals surface area contributed by atoms with E-state index in [1.807, 2.05) is 0 Å². The summed E-state index contributed by atoms with van der Waals surface area (Å²) >= 11 is 0. The summed E-state index contributed by atoms with van der Waals surface area (Å²) in [4.78, 5) is 60.3. The average Bonchev–Trinajstić information content (AvgIpc) is 2.99. The summed E-state index contributed by atoms with van der Waals surface area (Å²) in [6.07, 6.45) is -19.7. The van der Waals surface area contributed by atoms with E-state index in [4.69, 9.17) is 28.4 Å². The number of nitrogens with one attached hydrogen (secondary N) is 3. The monoisotopic (exact) mass is 679 g/mol. The summed E-state index contributed by atoms with van der Waals surface area (Å²) in [7, 11) is 0. The highest BCUT2D eigenvalue weighted by Crippen LogP contribution is 2.33. The summed E-state index contributed by atoms with van der Waals surface area (Å²) in [5.74, 6) is -4.32. The summed E-state index contributed by atoms with van der Waals surface area (Å²) in [5, 5.41) is 69.6. The van der Waals surface area contributed by atoms with Crippen LogP contribution in [0, 0.1) is 0 Å². The van der Waals surface area contributed by atoms with Gasteiger partial charge in [0.15, 0.2) is 30.7 Å². The molecule has 3 amide bonds. The van der Waals surface area contributed by atoms with Crippen LogP contribution in [0.1, 0.15) is 27.7 Å². The molecule has 0 aromatic heterocycles. The maximum Gasteiger partial charge on any atom is 0.335 e. The summed E-state index contributed by atoms with van der Waals surface area (Å²) in [6.45, 7) is 7.11. The van der Waals surface area contributed by atoms with Crippen molar-refractivity contribution < 1.29 is 83.0 Å². The Balaban J connectivity index is 2.00. The molecule has 0 saturated carbocycles. The van der Waals surface area contributed by atoms with E-state index in [1.165, 1.54) is 6.92 Å². The van der Waals surface area contributed by atoms with Gasteiger partial charge in [0, 0.05) is 20.8 Å². The fourth-order valence-corrected chi connectivity index (χ4v) is 5.48. The topological polar surface area (TPSA) is 298 Å². The fourth-order valence-electron chi connectivity index (χ4n) is 5.48. The second kappa shape index (κ2) is 16.2. The number of carboxylic acids is 1. The number of aliphatic hydroxyl groups is 5. The molecule has 0 bridgehead atoms. The van der Waals surface area contributed by atoms with Crippen molar-refractivity contribution in [1.82, 2.24) is 16.0 Å². The minimum atomic E-state index is -2.01. The van der Waals surface area contributed by atoms with E-state index < -0.39 is 128 Å². The van der Waals surface area contributed by atoms with Crippen molar-refractivity contribution in [3.8, 4) is 0 Å². The van der Waals surface area contributed by atoms with Crippen LogP contribution in [0.25, 0.3) is 0 Å². The number of rotatable bonds is 12. The first-order chi connectivity index (χ1) is 22.0. The lowest BCUT2D eigenvalue weighted by Crippen LogP contribution is -2.73. The van der Waals surface area contributed by atoms with E-state index in [1.54, 1.807) is 0 Å². The maximum atomic E-state index is 12.4. The summed E-state index contributed by atoms with van der Waals surface area (Å²) in [6, 6.07) is -4.50. The molecule has 3 aliphatic rings. The van der Waals surface area contributed by atoms with Crippen LogP contribution in [0.4, 0.5) is 0 Å². The third-order valence-corrected chi connectivity index (χ3v) is 7.61. The lowest BCUT2D eigenvalue weighted by Gasteiger charge is -2.50. The highest BCUT2D eigenvalue weighted by atomic mass is 16.7. The number of carboxylic acid groups (broad SMARTS) is 1. The summed E-state index contributed by atoms with van der Waals surface area (Å²) < 4.78 is 33.8. The van der Waals surface area contributed by atoms with Gasteiger partial charge in [-0.15, -0.1) is 0 Å². The second-order valence-corrected chi connectivity index (χ2v) is 11.2. The molecule has 3 saturated heterocycles. The van der Waals surface area contributed by atoms with Crippen molar-refractivity contribution in [3.63, 3.8) is 0 Å². The number of hydrogen-bond acceptors (Lipinski definition) is 16. The molecule has 3 rings (SSSR count). The van der Waals surface area contributed by atoms with Crippen LogP contribution in [-0.4, -0.2) is 159 Å². The van der Waals surface area contributed by atoms with Gasteiger partial charge in [0.2, 0.25) is 24.0 Å². The predicted molar refractivity (Wildman–Crippen MR) is 149 cm³/mol. The molecule has 9 N–H and O–H groups in total. The molecule has 0 spiro atoms. The Labute approximate surface area is 267 Å². The number of carbonyl (C=O) groups excluding carboxylic acids is 4. The van der Waals surface area contributed by atoms with Crippen LogP contribution < -0.4 is 16.0 Å². The fraction of sp³-hybridized carbons (Fsp3) is 0.741. The highest BCUT2D eigenvalue weighted by molar-refractivity contribution is 5.77. The number of carbonyl (C=O) groups is 5. The smallest absolute Gasteiger partial charge is 0.335 e. The average molecular weight is 680 g/mol. The Morgan fingerprint density at radius 3 is 1.83 bits per heavy atom. The Hall–Kier alpha value is -3.31. The van der Waals surface area contributed by atoms with Crippen molar-refractivity contribution in [1.29, 1.82) is 0 Å². The predicted octanol–water partition coefficient (Wildman–Crippen LogP) is -5.28. The standard InChI is InChI=1S/C27H41N3O17/c1-8(6-31)42-25-15(29-11(4)34)14(28-10(3)33)22(23(47-25)24(40)41)46-26-16(30-12(5)35)18(37)21(13(7-32)44-26)45-27-20(39)19(38)17(36)9(2)43-27/h6,9,13-23,25-27,32,36-39H,1,7H2,2-5H3,(H,28,33)(H,29,34)(H,30,35)(H,40,41)/t9-,13+,14+,15-,16+,17-,18+,19+,20+,21+,22-,23-,25+,26+,27+/m0/s1. The largest absolute Gasteiger partial charge is 0.479 e.